The van der Waals surface area contributed by atoms with Gasteiger partial charge in [-0.15, -0.1) is 0 Å². The molecule has 0 heterocycles. The Bertz CT molecular complexity index is 933. The first-order valence-electron chi connectivity index (χ1n) is 8.46. The maximum absolute atomic E-state index is 12.7. The minimum absolute atomic E-state index is 0.0585. The van der Waals surface area contributed by atoms with Gasteiger partial charge in [-0.2, -0.15) is 0 Å². The molecule has 0 atom stereocenters. The molecule has 138 valence electrons. The molecule has 0 amide bonds. The zero-order valence-electron chi connectivity index (χ0n) is 14.7. The van der Waals surface area contributed by atoms with Gasteiger partial charge in [0.05, 0.1) is 10.5 Å². The van der Waals surface area contributed by atoms with Crippen LogP contribution in [-0.4, -0.2) is 25.5 Å². The van der Waals surface area contributed by atoms with Crippen LogP contribution in [0.2, 0.25) is 0 Å². The summed E-state index contributed by atoms with van der Waals surface area (Å²) in [5, 5.41) is 12.2. The van der Waals surface area contributed by atoms with E-state index in [0.717, 1.165) is 24.1 Å². The third kappa shape index (κ3) is 4.05. The summed E-state index contributed by atoms with van der Waals surface area (Å²) in [6, 6.07) is 10.3. The van der Waals surface area contributed by atoms with Crippen LogP contribution >= 0.6 is 0 Å². The van der Waals surface area contributed by atoms with Gasteiger partial charge in [-0.25, -0.2) is 17.9 Å². The van der Waals surface area contributed by atoms with Gasteiger partial charge in [0.2, 0.25) is 10.0 Å². The molecule has 0 bridgehead atoms. The van der Waals surface area contributed by atoms with Crippen molar-refractivity contribution in [1.29, 1.82) is 0 Å². The molecular weight excluding hydrogens is 352 g/mol. The van der Waals surface area contributed by atoms with E-state index in [4.69, 9.17) is 5.11 Å². The second kappa shape index (κ2) is 7.09. The van der Waals surface area contributed by atoms with Crippen molar-refractivity contribution in [3.63, 3.8) is 0 Å². The molecule has 3 N–H and O–H groups in total. The molecule has 0 radical (unpaired) electrons. The Morgan fingerprint density at radius 1 is 1.12 bits per heavy atom. The SMILES string of the molecule is Cc1ccc(NCc2ccc(C(=O)O)cc2)c(C)c1S(=O)(=O)NC1CC1. The van der Waals surface area contributed by atoms with Crippen LogP contribution in [-0.2, 0) is 16.6 Å². The predicted octanol–water partition coefficient (Wildman–Crippen LogP) is 3.05. The molecule has 1 saturated carbocycles. The molecule has 3 rings (SSSR count). The lowest BCUT2D eigenvalue weighted by molar-refractivity contribution is 0.0697. The van der Waals surface area contributed by atoms with Gasteiger partial charge < -0.3 is 10.4 Å². The van der Waals surface area contributed by atoms with E-state index in [-0.39, 0.29) is 11.6 Å². The molecular formula is C19H22N2O4S. The first-order chi connectivity index (χ1) is 12.3. The highest BCUT2D eigenvalue weighted by atomic mass is 32.2. The molecule has 0 spiro atoms. The quantitative estimate of drug-likeness (QED) is 0.692. The number of nitrogens with one attached hydrogen (secondary N) is 2. The Balaban J connectivity index is 1.80. The predicted molar refractivity (Wildman–Crippen MR) is 100.0 cm³/mol. The highest BCUT2D eigenvalue weighted by Gasteiger charge is 2.30. The minimum atomic E-state index is -3.53. The smallest absolute Gasteiger partial charge is 0.335 e. The molecule has 6 nitrogen and oxygen atoms in total. The highest BCUT2D eigenvalue weighted by molar-refractivity contribution is 7.89. The van der Waals surface area contributed by atoms with Gasteiger partial charge in [0.15, 0.2) is 0 Å². The van der Waals surface area contributed by atoms with Crippen molar-refractivity contribution in [2.75, 3.05) is 5.32 Å². The normalized spacial score (nSPS) is 14.2. The average Bonchev–Trinajstić information content (AvgIpc) is 3.37. The Labute approximate surface area is 153 Å². The minimum Gasteiger partial charge on any atom is -0.478 e. The number of carboxylic acid groups (broad SMARTS) is 1. The van der Waals surface area contributed by atoms with Crippen LogP contribution in [0.1, 0.15) is 39.9 Å². The lowest BCUT2D eigenvalue weighted by Gasteiger charge is -2.16. The molecule has 0 aromatic heterocycles. The van der Waals surface area contributed by atoms with E-state index >= 15 is 0 Å². The van der Waals surface area contributed by atoms with E-state index in [0.29, 0.717) is 22.6 Å². The summed E-state index contributed by atoms with van der Waals surface area (Å²) in [7, 11) is -3.53. The fraction of sp³-hybridized carbons (Fsp3) is 0.316. The first-order valence-corrected chi connectivity index (χ1v) is 9.95. The molecule has 0 unspecified atom stereocenters. The van der Waals surface area contributed by atoms with Gasteiger partial charge in [0, 0.05) is 18.3 Å². The highest BCUT2D eigenvalue weighted by Crippen LogP contribution is 2.29. The fourth-order valence-corrected chi connectivity index (χ4v) is 4.67. The van der Waals surface area contributed by atoms with Crippen molar-refractivity contribution in [1.82, 2.24) is 4.72 Å². The van der Waals surface area contributed by atoms with Gasteiger partial charge in [0.25, 0.3) is 0 Å². The number of anilines is 1. The van der Waals surface area contributed by atoms with Crippen LogP contribution in [0.3, 0.4) is 0 Å². The first kappa shape index (κ1) is 18.4. The average molecular weight is 374 g/mol. The van der Waals surface area contributed by atoms with Gasteiger partial charge >= 0.3 is 5.97 Å². The molecule has 2 aromatic rings. The number of carbonyl (C=O) groups is 1. The zero-order valence-corrected chi connectivity index (χ0v) is 15.6. The fourth-order valence-electron chi connectivity index (χ4n) is 2.87. The maximum Gasteiger partial charge on any atom is 0.335 e. The summed E-state index contributed by atoms with van der Waals surface area (Å²) >= 11 is 0. The van der Waals surface area contributed by atoms with E-state index in [1.807, 2.05) is 6.07 Å². The molecule has 26 heavy (non-hydrogen) atoms. The zero-order chi connectivity index (χ0) is 18.9. The number of carboxylic acids is 1. The third-order valence-electron chi connectivity index (χ3n) is 4.45. The number of hydrogen-bond acceptors (Lipinski definition) is 4. The van der Waals surface area contributed by atoms with Crippen molar-refractivity contribution in [3.8, 4) is 0 Å². The van der Waals surface area contributed by atoms with Crippen LogP contribution in [0.5, 0.6) is 0 Å². The largest absolute Gasteiger partial charge is 0.478 e. The summed E-state index contributed by atoms with van der Waals surface area (Å²) in [6.07, 6.45) is 1.78. The topological polar surface area (TPSA) is 95.5 Å². The number of sulfonamides is 1. The molecule has 1 aliphatic rings. The third-order valence-corrected chi connectivity index (χ3v) is 6.26. The van der Waals surface area contributed by atoms with Crippen molar-refractivity contribution in [2.24, 2.45) is 0 Å². The number of hydrogen-bond donors (Lipinski definition) is 3. The second-order valence-corrected chi connectivity index (χ2v) is 8.29. The van der Waals surface area contributed by atoms with E-state index in [1.54, 1.807) is 44.2 Å². The Hall–Kier alpha value is -2.38. The maximum atomic E-state index is 12.7. The molecule has 0 saturated heterocycles. The Kier molecular flexibility index (Phi) is 5.02. The van der Waals surface area contributed by atoms with Gasteiger partial charge in [-0.05, 0) is 61.6 Å². The van der Waals surface area contributed by atoms with Gasteiger partial charge in [0.1, 0.15) is 0 Å². The van der Waals surface area contributed by atoms with E-state index in [9.17, 15) is 13.2 Å². The summed E-state index contributed by atoms with van der Waals surface area (Å²) in [5.41, 5.74) is 3.29. The molecule has 0 aliphatic heterocycles. The van der Waals surface area contributed by atoms with Crippen LogP contribution in [0.4, 0.5) is 5.69 Å². The van der Waals surface area contributed by atoms with Gasteiger partial charge in [-0.1, -0.05) is 18.2 Å². The van der Waals surface area contributed by atoms with Crippen LogP contribution in [0.15, 0.2) is 41.3 Å². The molecule has 1 fully saturated rings. The van der Waals surface area contributed by atoms with E-state index in [1.165, 1.54) is 0 Å². The molecule has 7 heteroatoms. The summed E-state index contributed by atoms with van der Waals surface area (Å²) < 4.78 is 28.0. The van der Waals surface area contributed by atoms with Gasteiger partial charge in [-0.3, -0.25) is 0 Å². The van der Waals surface area contributed by atoms with Crippen molar-refractivity contribution >= 4 is 21.7 Å². The van der Waals surface area contributed by atoms with Crippen LogP contribution in [0.25, 0.3) is 0 Å². The van der Waals surface area contributed by atoms with E-state index in [2.05, 4.69) is 10.0 Å². The van der Waals surface area contributed by atoms with Crippen molar-refractivity contribution in [2.45, 2.75) is 44.2 Å². The number of rotatable bonds is 7. The lowest BCUT2D eigenvalue weighted by atomic mass is 10.1. The summed E-state index contributed by atoms with van der Waals surface area (Å²) in [5.74, 6) is -0.961. The molecule has 1 aliphatic carbocycles. The monoisotopic (exact) mass is 374 g/mol. The lowest BCUT2D eigenvalue weighted by Crippen LogP contribution is -2.27. The molecule has 2 aromatic carbocycles. The van der Waals surface area contributed by atoms with Crippen molar-refractivity contribution in [3.05, 3.63) is 58.7 Å². The van der Waals surface area contributed by atoms with Crippen molar-refractivity contribution < 1.29 is 18.3 Å². The standard InChI is InChI=1S/C19H22N2O4S/c1-12-3-10-17(13(2)18(12)26(24,25)21-16-8-9-16)20-11-14-4-6-15(7-5-14)19(22)23/h3-7,10,16,20-21H,8-9,11H2,1-2H3,(H,22,23). The van der Waals surface area contributed by atoms with Crippen LogP contribution < -0.4 is 10.0 Å². The summed E-state index contributed by atoms with van der Waals surface area (Å²) in [6.45, 7) is 4.06. The summed E-state index contributed by atoms with van der Waals surface area (Å²) in [4.78, 5) is 11.2. The number of aryl methyl sites for hydroxylation is 1. The Morgan fingerprint density at radius 3 is 2.35 bits per heavy atom. The second-order valence-electron chi connectivity index (χ2n) is 6.64. The van der Waals surface area contributed by atoms with Crippen LogP contribution in [0, 0.1) is 13.8 Å². The number of benzene rings is 2. The Morgan fingerprint density at radius 2 is 1.77 bits per heavy atom. The van der Waals surface area contributed by atoms with E-state index < -0.39 is 16.0 Å². The number of aromatic carboxylic acids is 1.